The van der Waals surface area contributed by atoms with Gasteiger partial charge in [0.2, 0.25) is 5.91 Å². The van der Waals surface area contributed by atoms with Crippen molar-refractivity contribution < 1.29 is 19.1 Å². The fraction of sp³-hybridized carbons (Fsp3) is 0.500. The van der Waals surface area contributed by atoms with E-state index in [4.69, 9.17) is 9.47 Å². The van der Waals surface area contributed by atoms with Crippen LogP contribution in [-0.4, -0.2) is 56.7 Å². The van der Waals surface area contributed by atoms with Gasteiger partial charge in [0.25, 0.3) is 0 Å². The van der Waals surface area contributed by atoms with Gasteiger partial charge in [-0.1, -0.05) is 12.1 Å². The fourth-order valence-electron chi connectivity index (χ4n) is 2.31. The lowest BCUT2D eigenvalue weighted by Crippen LogP contribution is -2.46. The van der Waals surface area contributed by atoms with Crippen LogP contribution in [0.4, 0.5) is 4.79 Å². The minimum absolute atomic E-state index is 0.119. The van der Waals surface area contributed by atoms with Crippen molar-refractivity contribution in [1.29, 1.82) is 0 Å². The largest absolute Gasteiger partial charge is 0.493 e. The van der Waals surface area contributed by atoms with Crippen LogP contribution < -0.4 is 20.1 Å². The molecule has 0 spiro atoms. The summed E-state index contributed by atoms with van der Waals surface area (Å²) in [5.41, 5.74) is 0. The Morgan fingerprint density at radius 3 is 2.78 bits per heavy atom. The van der Waals surface area contributed by atoms with Crippen molar-refractivity contribution in [3.63, 3.8) is 0 Å². The Bertz CT molecular complexity index is 550. The second-order valence-electron chi connectivity index (χ2n) is 5.36. The number of amides is 3. The van der Waals surface area contributed by atoms with E-state index in [-0.39, 0.29) is 11.9 Å². The first-order valence-corrected chi connectivity index (χ1v) is 7.67. The zero-order valence-corrected chi connectivity index (χ0v) is 13.5. The van der Waals surface area contributed by atoms with E-state index < -0.39 is 6.04 Å². The van der Waals surface area contributed by atoms with Crippen LogP contribution in [0, 0.1) is 0 Å². The molecule has 1 unspecified atom stereocenters. The van der Waals surface area contributed by atoms with Gasteiger partial charge in [0.15, 0.2) is 11.5 Å². The molecule has 1 saturated heterocycles. The van der Waals surface area contributed by atoms with Gasteiger partial charge in [-0.05, 0) is 25.0 Å². The Labute approximate surface area is 135 Å². The third-order valence-electron chi connectivity index (χ3n) is 3.66. The maximum Gasteiger partial charge on any atom is 0.317 e. The zero-order chi connectivity index (χ0) is 16.7. The molecule has 126 valence electrons. The molecule has 0 radical (unpaired) electrons. The third kappa shape index (κ3) is 4.77. The van der Waals surface area contributed by atoms with Crippen LogP contribution in [0.5, 0.6) is 11.5 Å². The van der Waals surface area contributed by atoms with Gasteiger partial charge in [-0.25, -0.2) is 4.79 Å². The topological polar surface area (TPSA) is 79.9 Å². The van der Waals surface area contributed by atoms with Gasteiger partial charge in [0, 0.05) is 20.1 Å². The molecule has 0 aromatic heterocycles. The minimum atomic E-state index is -0.422. The van der Waals surface area contributed by atoms with Crippen molar-refractivity contribution in [2.75, 3.05) is 33.9 Å². The highest BCUT2D eigenvalue weighted by Crippen LogP contribution is 2.25. The number of carbonyl (C=O) groups excluding carboxylic acids is 2. The molecule has 1 heterocycles. The van der Waals surface area contributed by atoms with E-state index in [2.05, 4.69) is 10.6 Å². The molecule has 0 bridgehead atoms. The Hall–Kier alpha value is -2.44. The van der Waals surface area contributed by atoms with Gasteiger partial charge in [-0.3, -0.25) is 4.79 Å². The van der Waals surface area contributed by atoms with E-state index in [9.17, 15) is 9.59 Å². The summed E-state index contributed by atoms with van der Waals surface area (Å²) in [6.07, 6.45) is 1.31. The number of urea groups is 1. The number of methoxy groups -OCH3 is 1. The fourth-order valence-corrected chi connectivity index (χ4v) is 2.31. The molecule has 23 heavy (non-hydrogen) atoms. The number of para-hydroxylation sites is 2. The number of carbonyl (C=O) groups is 2. The summed E-state index contributed by atoms with van der Waals surface area (Å²) in [6.45, 7) is 1.62. The monoisotopic (exact) mass is 321 g/mol. The van der Waals surface area contributed by atoms with Crippen molar-refractivity contribution in [2.45, 2.75) is 18.9 Å². The molecule has 3 amide bonds. The van der Waals surface area contributed by atoms with Crippen LogP contribution in [0.1, 0.15) is 12.8 Å². The molecule has 7 heteroatoms. The van der Waals surface area contributed by atoms with Crippen molar-refractivity contribution in [3.05, 3.63) is 24.3 Å². The average molecular weight is 321 g/mol. The summed E-state index contributed by atoms with van der Waals surface area (Å²) in [5, 5.41) is 5.41. The molecule has 0 aliphatic carbocycles. The second-order valence-corrected chi connectivity index (χ2v) is 5.36. The number of nitrogens with one attached hydrogen (secondary N) is 2. The van der Waals surface area contributed by atoms with E-state index in [0.29, 0.717) is 44.0 Å². The molecule has 2 N–H and O–H groups in total. The molecule has 1 aliphatic heterocycles. The SMILES string of the molecule is COc1ccccc1OCCCN(C)C(=O)NC1CCNC1=O. The van der Waals surface area contributed by atoms with Gasteiger partial charge in [-0.15, -0.1) is 0 Å². The highest BCUT2D eigenvalue weighted by molar-refractivity contribution is 5.88. The first-order chi connectivity index (χ1) is 11.1. The molecule has 2 rings (SSSR count). The molecular formula is C16H23N3O4. The molecule has 1 aromatic carbocycles. The van der Waals surface area contributed by atoms with Crippen LogP contribution in [0.25, 0.3) is 0 Å². The molecular weight excluding hydrogens is 298 g/mol. The van der Waals surface area contributed by atoms with Gasteiger partial charge in [0.1, 0.15) is 6.04 Å². The van der Waals surface area contributed by atoms with Crippen molar-refractivity contribution in [3.8, 4) is 11.5 Å². The van der Waals surface area contributed by atoms with Crippen LogP contribution in [0.2, 0.25) is 0 Å². The maximum absolute atomic E-state index is 12.0. The highest BCUT2D eigenvalue weighted by atomic mass is 16.5. The maximum atomic E-state index is 12.0. The summed E-state index contributed by atoms with van der Waals surface area (Å²) in [4.78, 5) is 25.0. The zero-order valence-electron chi connectivity index (χ0n) is 13.5. The number of nitrogens with zero attached hydrogens (tertiary/aromatic N) is 1. The predicted octanol–water partition coefficient (Wildman–Crippen LogP) is 0.994. The molecule has 1 aliphatic rings. The standard InChI is InChI=1S/C16H23N3O4/c1-19(16(21)18-12-8-9-17-15(12)20)10-5-11-23-14-7-4-3-6-13(14)22-2/h3-4,6-7,12H,5,8-11H2,1-2H3,(H,17,20)(H,18,21). The van der Waals surface area contributed by atoms with Crippen LogP contribution >= 0.6 is 0 Å². The van der Waals surface area contributed by atoms with Crippen molar-refractivity contribution in [2.24, 2.45) is 0 Å². The first kappa shape index (κ1) is 16.9. The van der Waals surface area contributed by atoms with E-state index in [1.165, 1.54) is 0 Å². The summed E-state index contributed by atoms with van der Waals surface area (Å²) >= 11 is 0. The first-order valence-electron chi connectivity index (χ1n) is 7.67. The Balaban J connectivity index is 1.69. The molecule has 1 atom stereocenters. The highest BCUT2D eigenvalue weighted by Gasteiger charge is 2.26. The smallest absolute Gasteiger partial charge is 0.317 e. The van der Waals surface area contributed by atoms with E-state index in [0.717, 1.165) is 0 Å². The van der Waals surface area contributed by atoms with Crippen molar-refractivity contribution >= 4 is 11.9 Å². The van der Waals surface area contributed by atoms with E-state index >= 15 is 0 Å². The Morgan fingerprint density at radius 2 is 2.13 bits per heavy atom. The van der Waals surface area contributed by atoms with Crippen LogP contribution in [-0.2, 0) is 4.79 Å². The lowest BCUT2D eigenvalue weighted by atomic mass is 10.2. The third-order valence-corrected chi connectivity index (χ3v) is 3.66. The molecule has 1 fully saturated rings. The number of benzene rings is 1. The number of rotatable bonds is 7. The molecule has 0 saturated carbocycles. The van der Waals surface area contributed by atoms with Crippen LogP contribution in [0.3, 0.4) is 0 Å². The quantitative estimate of drug-likeness (QED) is 0.734. The Morgan fingerprint density at radius 1 is 1.39 bits per heavy atom. The number of hydrogen-bond donors (Lipinski definition) is 2. The number of ether oxygens (including phenoxy) is 2. The van der Waals surface area contributed by atoms with Gasteiger partial charge < -0.3 is 25.0 Å². The second kappa shape index (κ2) is 8.26. The summed E-state index contributed by atoms with van der Waals surface area (Å²) in [7, 11) is 3.30. The van der Waals surface area contributed by atoms with Gasteiger partial charge >= 0.3 is 6.03 Å². The number of hydrogen-bond acceptors (Lipinski definition) is 4. The lowest BCUT2D eigenvalue weighted by molar-refractivity contribution is -0.120. The predicted molar refractivity (Wildman–Crippen MR) is 85.7 cm³/mol. The summed E-state index contributed by atoms with van der Waals surface area (Å²) in [5.74, 6) is 1.25. The van der Waals surface area contributed by atoms with E-state index in [1.54, 1.807) is 19.1 Å². The summed E-state index contributed by atoms with van der Waals surface area (Å²) < 4.78 is 10.9. The summed E-state index contributed by atoms with van der Waals surface area (Å²) in [6, 6.07) is 6.77. The van der Waals surface area contributed by atoms with Crippen LogP contribution in [0.15, 0.2) is 24.3 Å². The Kier molecular flexibility index (Phi) is 6.08. The average Bonchev–Trinajstić information content (AvgIpc) is 2.96. The molecule has 1 aromatic rings. The van der Waals surface area contributed by atoms with E-state index in [1.807, 2.05) is 24.3 Å². The van der Waals surface area contributed by atoms with Crippen molar-refractivity contribution in [1.82, 2.24) is 15.5 Å². The lowest BCUT2D eigenvalue weighted by Gasteiger charge is -2.20. The van der Waals surface area contributed by atoms with Gasteiger partial charge in [0.05, 0.1) is 13.7 Å². The van der Waals surface area contributed by atoms with Gasteiger partial charge in [-0.2, -0.15) is 0 Å². The molecule has 7 nitrogen and oxygen atoms in total. The normalized spacial score (nSPS) is 16.6. The minimum Gasteiger partial charge on any atom is -0.493 e.